The Balaban J connectivity index is 2.59. The number of hydrogen-bond acceptors (Lipinski definition) is 3. The van der Waals surface area contributed by atoms with Crippen LogP contribution in [-0.4, -0.2) is 35.2 Å². The van der Waals surface area contributed by atoms with Gasteiger partial charge in [-0.3, -0.25) is 0 Å². The predicted molar refractivity (Wildman–Crippen MR) is 70.8 cm³/mol. The van der Waals surface area contributed by atoms with E-state index in [1.54, 1.807) is 20.8 Å². The molecule has 1 unspecified atom stereocenters. The molecule has 1 aromatic rings. The number of ether oxygens (including phenoxy) is 1. The highest BCUT2D eigenvalue weighted by Crippen LogP contribution is 2.19. The molecule has 0 radical (unpaired) electrons. The zero-order chi connectivity index (χ0) is 13.6. The molecule has 100 valence electrons. The van der Waals surface area contributed by atoms with Gasteiger partial charge >= 0.3 is 0 Å². The number of benzene rings is 1. The van der Waals surface area contributed by atoms with Gasteiger partial charge in [0.15, 0.2) is 6.54 Å². The molecule has 0 aliphatic heterocycles. The summed E-state index contributed by atoms with van der Waals surface area (Å²) < 4.78 is 6.56. The van der Waals surface area contributed by atoms with Crippen molar-refractivity contribution in [1.82, 2.24) is 0 Å². The second kappa shape index (κ2) is 6.50. The quantitative estimate of drug-likeness (QED) is 0.757. The fourth-order valence-electron chi connectivity index (χ4n) is 1.57. The minimum absolute atomic E-state index is 0.227. The molecule has 18 heavy (non-hydrogen) atoms. The lowest BCUT2D eigenvalue weighted by Gasteiger charge is -2.26. The largest absolute Gasteiger partial charge is 0.493 e. The first-order valence-electron chi connectivity index (χ1n) is 6.25. The molecule has 0 aliphatic carbocycles. The summed E-state index contributed by atoms with van der Waals surface area (Å²) in [6.07, 6.45) is 0. The number of para-hydroxylation sites is 1. The number of aliphatic hydroxyl groups is 1. The maximum Gasteiger partial charge on any atom is 0.200 e. The standard InChI is InChI=1S/C14H22NO3/c1-4-15(17)10-12(14(2,3)16)11-18-13-8-6-5-7-9-13/h5-9,12,16H,4,10-11H2,1-3H3/q+1. The Labute approximate surface area is 108 Å². The Morgan fingerprint density at radius 1 is 1.33 bits per heavy atom. The molecule has 1 N–H and O–H groups in total. The minimum Gasteiger partial charge on any atom is -0.493 e. The molecule has 0 saturated heterocycles. The molecule has 0 aliphatic rings. The van der Waals surface area contributed by atoms with Crippen molar-refractivity contribution >= 4 is 0 Å². The van der Waals surface area contributed by atoms with Crippen LogP contribution >= 0.6 is 0 Å². The van der Waals surface area contributed by atoms with E-state index in [-0.39, 0.29) is 12.5 Å². The lowest BCUT2D eigenvalue weighted by Crippen LogP contribution is -2.40. The molecule has 4 nitrogen and oxygen atoms in total. The van der Waals surface area contributed by atoms with E-state index in [4.69, 9.17) is 4.74 Å². The third-order valence-electron chi connectivity index (χ3n) is 2.97. The van der Waals surface area contributed by atoms with Gasteiger partial charge in [-0.25, -0.2) is 0 Å². The monoisotopic (exact) mass is 252 g/mol. The normalized spacial score (nSPS) is 13.1. The molecule has 1 rings (SSSR count). The van der Waals surface area contributed by atoms with Crippen molar-refractivity contribution in [2.24, 2.45) is 5.92 Å². The molecule has 4 heteroatoms. The average Bonchev–Trinajstić information content (AvgIpc) is 2.34. The van der Waals surface area contributed by atoms with Crippen molar-refractivity contribution in [1.29, 1.82) is 0 Å². The van der Waals surface area contributed by atoms with E-state index < -0.39 is 5.60 Å². The fraction of sp³-hybridized carbons (Fsp3) is 0.571. The van der Waals surface area contributed by atoms with Crippen molar-refractivity contribution in [2.75, 3.05) is 19.7 Å². The van der Waals surface area contributed by atoms with Gasteiger partial charge in [0, 0.05) is 4.91 Å². The van der Waals surface area contributed by atoms with Crippen LogP contribution in [0.4, 0.5) is 0 Å². The SMILES string of the molecule is CC[N+](=O)CC(COc1ccccc1)C(C)(C)O. The summed E-state index contributed by atoms with van der Waals surface area (Å²) in [5, 5.41) is 10.1. The van der Waals surface area contributed by atoms with Gasteiger partial charge in [-0.15, -0.1) is 0 Å². The first kappa shape index (κ1) is 14.6. The maximum absolute atomic E-state index is 11.4. The number of nitrogens with zero attached hydrogens (tertiary/aromatic N) is 1. The van der Waals surface area contributed by atoms with Gasteiger partial charge < -0.3 is 9.84 Å². The smallest absolute Gasteiger partial charge is 0.200 e. The maximum atomic E-state index is 11.4. The van der Waals surface area contributed by atoms with Gasteiger partial charge in [0.2, 0.25) is 6.54 Å². The van der Waals surface area contributed by atoms with Crippen LogP contribution in [0.1, 0.15) is 20.8 Å². The first-order chi connectivity index (χ1) is 8.43. The zero-order valence-corrected chi connectivity index (χ0v) is 11.3. The molecule has 1 atom stereocenters. The first-order valence-corrected chi connectivity index (χ1v) is 6.25. The highest BCUT2D eigenvalue weighted by atomic mass is 16.5. The van der Waals surface area contributed by atoms with E-state index in [0.29, 0.717) is 13.2 Å². The van der Waals surface area contributed by atoms with Crippen LogP contribution < -0.4 is 4.74 Å². The van der Waals surface area contributed by atoms with Crippen LogP contribution in [-0.2, 0) is 0 Å². The average molecular weight is 252 g/mol. The van der Waals surface area contributed by atoms with Crippen molar-refractivity contribution in [2.45, 2.75) is 26.4 Å². The van der Waals surface area contributed by atoms with Crippen LogP contribution in [0.2, 0.25) is 0 Å². The van der Waals surface area contributed by atoms with Crippen LogP contribution in [0.15, 0.2) is 30.3 Å². The van der Waals surface area contributed by atoms with Gasteiger partial charge in [-0.1, -0.05) is 18.2 Å². The molecular formula is C14H22NO3+. The van der Waals surface area contributed by atoms with Crippen LogP contribution in [0.5, 0.6) is 5.75 Å². The van der Waals surface area contributed by atoms with E-state index in [1.165, 1.54) is 0 Å². The number of rotatable bonds is 7. The third-order valence-corrected chi connectivity index (χ3v) is 2.97. The van der Waals surface area contributed by atoms with Crippen molar-refractivity contribution in [3.05, 3.63) is 35.2 Å². The molecule has 0 bridgehead atoms. The Bertz CT molecular complexity index is 370. The summed E-state index contributed by atoms with van der Waals surface area (Å²) in [6.45, 7) is 6.22. The van der Waals surface area contributed by atoms with Crippen molar-refractivity contribution in [3.8, 4) is 5.75 Å². The Kier molecular flexibility index (Phi) is 5.28. The van der Waals surface area contributed by atoms with E-state index in [2.05, 4.69) is 0 Å². The minimum atomic E-state index is -0.938. The summed E-state index contributed by atoms with van der Waals surface area (Å²) in [7, 11) is 0. The molecule has 0 heterocycles. The topological polar surface area (TPSA) is 49.5 Å². The summed E-state index contributed by atoms with van der Waals surface area (Å²) >= 11 is 0. The van der Waals surface area contributed by atoms with E-state index in [9.17, 15) is 10.0 Å². The third kappa shape index (κ3) is 4.84. The Morgan fingerprint density at radius 3 is 2.44 bits per heavy atom. The molecule has 0 aromatic heterocycles. The zero-order valence-electron chi connectivity index (χ0n) is 11.3. The van der Waals surface area contributed by atoms with E-state index in [0.717, 1.165) is 10.5 Å². The fourth-order valence-corrected chi connectivity index (χ4v) is 1.57. The summed E-state index contributed by atoms with van der Waals surface area (Å²) in [6, 6.07) is 9.41. The lowest BCUT2D eigenvalue weighted by atomic mass is 9.91. The molecule has 0 saturated carbocycles. The summed E-state index contributed by atoms with van der Waals surface area (Å²) in [5.74, 6) is 0.524. The van der Waals surface area contributed by atoms with Gasteiger partial charge in [0.05, 0.1) is 18.1 Å². The second-order valence-electron chi connectivity index (χ2n) is 4.96. The molecule has 0 spiro atoms. The second-order valence-corrected chi connectivity index (χ2v) is 4.96. The van der Waals surface area contributed by atoms with Crippen LogP contribution in [0.3, 0.4) is 0 Å². The number of hydrogen-bond donors (Lipinski definition) is 1. The van der Waals surface area contributed by atoms with Gasteiger partial charge in [0.25, 0.3) is 0 Å². The lowest BCUT2D eigenvalue weighted by molar-refractivity contribution is -0.555. The molecular weight excluding hydrogens is 230 g/mol. The molecule has 1 aromatic carbocycles. The Hall–Kier alpha value is -1.42. The van der Waals surface area contributed by atoms with E-state index >= 15 is 0 Å². The van der Waals surface area contributed by atoms with Gasteiger partial charge in [-0.05, 0) is 37.7 Å². The van der Waals surface area contributed by atoms with Gasteiger partial charge in [-0.2, -0.15) is 0 Å². The van der Waals surface area contributed by atoms with Gasteiger partial charge in [0.1, 0.15) is 5.75 Å². The molecule has 0 fully saturated rings. The van der Waals surface area contributed by atoms with Crippen LogP contribution in [0.25, 0.3) is 0 Å². The summed E-state index contributed by atoms with van der Waals surface area (Å²) in [5.41, 5.74) is -0.938. The summed E-state index contributed by atoms with van der Waals surface area (Å²) in [4.78, 5) is 11.4. The Morgan fingerprint density at radius 2 is 1.94 bits per heavy atom. The predicted octanol–water partition coefficient (Wildman–Crippen LogP) is 2.25. The van der Waals surface area contributed by atoms with Crippen molar-refractivity contribution in [3.63, 3.8) is 0 Å². The van der Waals surface area contributed by atoms with Crippen LogP contribution in [0, 0.1) is 10.8 Å². The van der Waals surface area contributed by atoms with E-state index in [1.807, 2.05) is 30.3 Å². The highest BCUT2D eigenvalue weighted by molar-refractivity contribution is 5.20. The van der Waals surface area contributed by atoms with Crippen molar-refractivity contribution < 1.29 is 14.6 Å². The molecule has 0 amide bonds. The number of nitroso groups, excluding NO2 is 1. The highest BCUT2D eigenvalue weighted by Gasteiger charge is 2.32.